The van der Waals surface area contributed by atoms with Crippen molar-refractivity contribution in [1.82, 2.24) is 16.0 Å². The number of amides is 3. The second kappa shape index (κ2) is 14.2. The Morgan fingerprint density at radius 2 is 1.61 bits per heavy atom. The number of aliphatic carboxylic acids is 1. The van der Waals surface area contributed by atoms with Crippen LogP contribution in [-0.4, -0.2) is 60.4 Å². The molecule has 0 aliphatic heterocycles. The van der Waals surface area contributed by atoms with Crippen molar-refractivity contribution in [3.05, 3.63) is 29.8 Å². The molecule has 0 aliphatic rings. The first-order valence-corrected chi connectivity index (χ1v) is 11.8. The van der Waals surface area contributed by atoms with E-state index in [-0.39, 0.29) is 37.9 Å². The van der Waals surface area contributed by atoms with E-state index in [4.69, 9.17) is 9.84 Å². The summed E-state index contributed by atoms with van der Waals surface area (Å²) in [5.41, 5.74) is 0.673. The normalized spacial score (nSPS) is 12.9. The van der Waals surface area contributed by atoms with Crippen molar-refractivity contribution in [2.75, 3.05) is 18.9 Å². The van der Waals surface area contributed by atoms with Crippen LogP contribution in [0.4, 0.5) is 5.69 Å². The number of likely N-dealkylation sites (N-methyl/N-ethyl adjacent to an activating group) is 1. The molecule has 0 saturated carbocycles. The van der Waals surface area contributed by atoms with Gasteiger partial charge in [-0.05, 0) is 57.9 Å². The zero-order chi connectivity index (χ0) is 27.5. The van der Waals surface area contributed by atoms with E-state index in [1.807, 2.05) is 0 Å². The minimum absolute atomic E-state index is 0.0737. The van der Waals surface area contributed by atoms with E-state index >= 15 is 0 Å². The van der Waals surface area contributed by atoms with Crippen LogP contribution in [0.2, 0.25) is 0 Å². The highest BCUT2D eigenvalue weighted by Crippen LogP contribution is 2.17. The Labute approximate surface area is 211 Å². The number of carbonyl (C=O) groups excluding carboxylic acids is 4. The van der Waals surface area contributed by atoms with Gasteiger partial charge in [-0.1, -0.05) is 26.0 Å². The fourth-order valence-electron chi connectivity index (χ4n) is 3.00. The summed E-state index contributed by atoms with van der Waals surface area (Å²) in [7, 11) is 1.53. The Balaban J connectivity index is 2.59. The predicted octanol–water partition coefficient (Wildman–Crippen LogP) is 1.42. The molecule has 1 rings (SSSR count). The molecule has 0 heterocycles. The van der Waals surface area contributed by atoms with Crippen LogP contribution in [0.25, 0.3) is 0 Å². The van der Waals surface area contributed by atoms with Gasteiger partial charge < -0.3 is 31.1 Å². The first kappa shape index (κ1) is 30.6. The lowest BCUT2D eigenvalue weighted by Gasteiger charge is -2.24. The minimum atomic E-state index is -1.02. The summed E-state index contributed by atoms with van der Waals surface area (Å²) >= 11 is 0. The Bertz CT molecular complexity index is 923. The number of carbonyl (C=O) groups is 5. The van der Waals surface area contributed by atoms with Gasteiger partial charge in [-0.3, -0.25) is 24.0 Å². The number of rotatable bonds is 13. The number of ether oxygens (including phenoxy) is 1. The summed E-state index contributed by atoms with van der Waals surface area (Å²) in [6.07, 6.45) is -0.120. The van der Waals surface area contributed by atoms with E-state index in [9.17, 15) is 24.0 Å². The molecule has 36 heavy (non-hydrogen) atoms. The average molecular weight is 507 g/mol. The molecule has 0 saturated heterocycles. The number of carboxylic acids is 1. The van der Waals surface area contributed by atoms with Crippen molar-refractivity contribution in [2.45, 2.75) is 66.2 Å². The Morgan fingerprint density at radius 1 is 1.00 bits per heavy atom. The zero-order valence-corrected chi connectivity index (χ0v) is 21.8. The summed E-state index contributed by atoms with van der Waals surface area (Å²) in [5.74, 6) is -3.09. The van der Waals surface area contributed by atoms with Gasteiger partial charge in [0.1, 0.15) is 12.6 Å². The number of carboxylic acid groups (broad SMARTS) is 1. The van der Waals surface area contributed by atoms with Crippen molar-refractivity contribution in [2.24, 2.45) is 11.3 Å². The number of nitrogens with one attached hydrogen (secondary N) is 4. The van der Waals surface area contributed by atoms with Gasteiger partial charge in [0.25, 0.3) is 0 Å². The average Bonchev–Trinajstić information content (AvgIpc) is 2.79. The van der Waals surface area contributed by atoms with Crippen LogP contribution in [-0.2, 0) is 35.3 Å². The van der Waals surface area contributed by atoms with E-state index in [1.165, 1.54) is 7.05 Å². The van der Waals surface area contributed by atoms with Gasteiger partial charge in [-0.25, -0.2) is 0 Å². The summed E-state index contributed by atoms with van der Waals surface area (Å²) in [4.78, 5) is 60.1. The lowest BCUT2D eigenvalue weighted by molar-refractivity contribution is -0.154. The highest BCUT2D eigenvalue weighted by atomic mass is 16.5. The van der Waals surface area contributed by atoms with Crippen LogP contribution in [0.5, 0.6) is 0 Å². The minimum Gasteiger partial charge on any atom is -0.481 e. The Hall–Kier alpha value is -3.47. The maximum Gasteiger partial charge on any atom is 0.311 e. The number of hydrogen-bond acceptors (Lipinski definition) is 7. The molecule has 200 valence electrons. The first-order valence-electron chi connectivity index (χ1n) is 11.8. The second-order valence-corrected chi connectivity index (χ2v) is 9.79. The van der Waals surface area contributed by atoms with E-state index < -0.39 is 41.2 Å². The van der Waals surface area contributed by atoms with E-state index in [0.29, 0.717) is 5.69 Å². The molecule has 0 radical (unpaired) electrons. The van der Waals surface area contributed by atoms with Crippen molar-refractivity contribution in [3.8, 4) is 0 Å². The lowest BCUT2D eigenvalue weighted by atomic mass is 9.97. The van der Waals surface area contributed by atoms with Crippen LogP contribution in [0.1, 0.15) is 53.0 Å². The Kier molecular flexibility index (Phi) is 12.0. The summed E-state index contributed by atoms with van der Waals surface area (Å²) < 4.78 is 5.26. The molecular weight excluding hydrogens is 468 g/mol. The van der Waals surface area contributed by atoms with E-state index in [1.54, 1.807) is 58.9 Å². The van der Waals surface area contributed by atoms with Crippen LogP contribution in [0, 0.1) is 11.3 Å². The van der Waals surface area contributed by atoms with Crippen LogP contribution < -0.4 is 21.3 Å². The van der Waals surface area contributed by atoms with Gasteiger partial charge in [0.15, 0.2) is 0 Å². The number of hydrogen-bond donors (Lipinski definition) is 5. The van der Waals surface area contributed by atoms with Crippen LogP contribution >= 0.6 is 0 Å². The zero-order valence-electron chi connectivity index (χ0n) is 21.8. The van der Waals surface area contributed by atoms with Gasteiger partial charge in [-0.15, -0.1) is 0 Å². The third-order valence-electron chi connectivity index (χ3n) is 5.20. The molecule has 2 unspecified atom stereocenters. The summed E-state index contributed by atoms with van der Waals surface area (Å²) in [6, 6.07) is 5.09. The van der Waals surface area contributed by atoms with Crippen molar-refractivity contribution in [3.63, 3.8) is 0 Å². The first-order chi connectivity index (χ1) is 16.7. The molecule has 0 aliphatic carbocycles. The number of benzene rings is 1. The third-order valence-corrected chi connectivity index (χ3v) is 5.20. The van der Waals surface area contributed by atoms with Gasteiger partial charge in [-0.2, -0.15) is 0 Å². The monoisotopic (exact) mass is 506 g/mol. The Morgan fingerprint density at radius 3 is 2.11 bits per heavy atom. The third kappa shape index (κ3) is 10.9. The van der Waals surface area contributed by atoms with Gasteiger partial charge in [0.2, 0.25) is 17.7 Å². The molecule has 0 bridgehead atoms. The molecule has 11 heteroatoms. The molecule has 1 aromatic rings. The summed E-state index contributed by atoms with van der Waals surface area (Å²) in [6.45, 7) is 8.61. The van der Waals surface area contributed by atoms with Crippen molar-refractivity contribution < 1.29 is 33.8 Å². The highest BCUT2D eigenvalue weighted by molar-refractivity contribution is 5.96. The van der Waals surface area contributed by atoms with Gasteiger partial charge >= 0.3 is 11.9 Å². The smallest absolute Gasteiger partial charge is 0.311 e. The standard InChI is InChI=1S/C25H38N4O7/c1-15(2)21(29-22(33)18(26-6)11-12-20(31)32)23(34)27-13-19(30)28-17-9-7-16(8-10-17)14-36-24(35)25(3,4)5/h7-10,15,18,21,26H,11-14H2,1-6H3,(H,27,34)(H,28,30)(H,29,33)(H,31,32). The lowest BCUT2D eigenvalue weighted by Crippen LogP contribution is -2.55. The van der Waals surface area contributed by atoms with Crippen LogP contribution in [0.3, 0.4) is 0 Å². The molecule has 0 fully saturated rings. The topological polar surface area (TPSA) is 163 Å². The fourth-order valence-corrected chi connectivity index (χ4v) is 3.00. The summed E-state index contributed by atoms with van der Waals surface area (Å²) in [5, 5.41) is 19.4. The maximum absolute atomic E-state index is 12.6. The van der Waals surface area contributed by atoms with Crippen molar-refractivity contribution in [1.29, 1.82) is 0 Å². The molecular formula is C25H38N4O7. The molecule has 0 spiro atoms. The predicted molar refractivity (Wildman–Crippen MR) is 134 cm³/mol. The van der Waals surface area contributed by atoms with Crippen LogP contribution in [0.15, 0.2) is 24.3 Å². The van der Waals surface area contributed by atoms with E-state index in [0.717, 1.165) is 5.56 Å². The second-order valence-electron chi connectivity index (χ2n) is 9.79. The molecule has 0 aromatic heterocycles. The number of anilines is 1. The largest absolute Gasteiger partial charge is 0.481 e. The molecule has 5 N–H and O–H groups in total. The van der Waals surface area contributed by atoms with E-state index in [2.05, 4.69) is 21.3 Å². The van der Waals surface area contributed by atoms with Gasteiger partial charge in [0, 0.05) is 12.1 Å². The molecule has 11 nitrogen and oxygen atoms in total. The fraction of sp³-hybridized carbons (Fsp3) is 0.560. The van der Waals surface area contributed by atoms with Crippen molar-refractivity contribution >= 4 is 35.3 Å². The number of esters is 1. The highest BCUT2D eigenvalue weighted by Gasteiger charge is 2.28. The molecule has 1 aromatic carbocycles. The molecule has 2 atom stereocenters. The SMILES string of the molecule is CNC(CCC(=O)O)C(=O)NC(C(=O)NCC(=O)Nc1ccc(COC(=O)C(C)(C)C)cc1)C(C)C. The molecule has 3 amide bonds. The quantitative estimate of drug-likeness (QED) is 0.251. The van der Waals surface area contributed by atoms with Gasteiger partial charge in [0.05, 0.1) is 18.0 Å². The maximum atomic E-state index is 12.6.